The fraction of sp³-hybridized carbons (Fsp3) is 0.417. The highest BCUT2D eigenvalue weighted by Crippen LogP contribution is 2.38. The van der Waals surface area contributed by atoms with Gasteiger partial charge in [-0.15, -0.1) is 0 Å². The number of hydrogen-bond acceptors (Lipinski definition) is 3. The molecule has 1 saturated carbocycles. The van der Waals surface area contributed by atoms with Gasteiger partial charge in [0.2, 0.25) is 5.91 Å². The Bertz CT molecular complexity index is 459. The van der Waals surface area contributed by atoms with Crippen molar-refractivity contribution in [3.8, 4) is 0 Å². The molecule has 0 aromatic carbocycles. The fourth-order valence-corrected chi connectivity index (χ4v) is 1.75. The monoisotopic (exact) mass is 234 g/mol. The van der Waals surface area contributed by atoms with Gasteiger partial charge in [-0.05, 0) is 30.5 Å². The van der Waals surface area contributed by atoms with Gasteiger partial charge >= 0.3 is 5.97 Å². The smallest absolute Gasteiger partial charge is 0.307 e. The van der Waals surface area contributed by atoms with Gasteiger partial charge in [0.05, 0.1) is 11.8 Å². The van der Waals surface area contributed by atoms with Crippen molar-refractivity contribution in [2.45, 2.75) is 19.9 Å². The molecule has 0 aliphatic heterocycles. The van der Waals surface area contributed by atoms with Crippen molar-refractivity contribution >= 4 is 11.9 Å². The van der Waals surface area contributed by atoms with Crippen molar-refractivity contribution in [1.29, 1.82) is 0 Å². The Morgan fingerprint density at radius 2 is 2.29 bits per heavy atom. The zero-order valence-electron chi connectivity index (χ0n) is 9.51. The summed E-state index contributed by atoms with van der Waals surface area (Å²) in [7, 11) is 0. The maximum atomic E-state index is 11.6. The molecule has 1 aromatic rings. The third-order valence-electron chi connectivity index (χ3n) is 3.04. The molecule has 2 atom stereocenters. The number of aromatic nitrogens is 1. The predicted octanol–water partition coefficient (Wildman–Crippen LogP) is 0.727. The van der Waals surface area contributed by atoms with E-state index in [-0.39, 0.29) is 11.8 Å². The first-order valence-corrected chi connectivity index (χ1v) is 5.49. The van der Waals surface area contributed by atoms with Gasteiger partial charge in [-0.1, -0.05) is 0 Å². The Morgan fingerprint density at radius 1 is 1.53 bits per heavy atom. The Morgan fingerprint density at radius 3 is 2.88 bits per heavy atom. The second-order valence-electron chi connectivity index (χ2n) is 4.31. The normalized spacial score (nSPS) is 21.9. The number of pyridine rings is 1. The van der Waals surface area contributed by atoms with Crippen LogP contribution in [0.15, 0.2) is 18.5 Å². The summed E-state index contributed by atoms with van der Waals surface area (Å²) >= 11 is 0. The lowest BCUT2D eigenvalue weighted by Crippen LogP contribution is -2.26. The Kier molecular flexibility index (Phi) is 3.08. The topological polar surface area (TPSA) is 79.3 Å². The summed E-state index contributed by atoms with van der Waals surface area (Å²) < 4.78 is 0. The van der Waals surface area contributed by atoms with Crippen LogP contribution in [-0.2, 0) is 16.1 Å². The summed E-state index contributed by atoms with van der Waals surface area (Å²) in [6.45, 7) is 2.35. The number of aryl methyl sites for hydroxylation is 1. The maximum absolute atomic E-state index is 11.6. The van der Waals surface area contributed by atoms with E-state index < -0.39 is 11.9 Å². The lowest BCUT2D eigenvalue weighted by Gasteiger charge is -2.06. The Labute approximate surface area is 98.9 Å². The van der Waals surface area contributed by atoms with E-state index in [0.29, 0.717) is 13.0 Å². The Hall–Kier alpha value is -1.91. The molecular formula is C12H14N2O3. The van der Waals surface area contributed by atoms with Gasteiger partial charge in [-0.2, -0.15) is 0 Å². The molecule has 2 N–H and O–H groups in total. The molecule has 5 nitrogen and oxygen atoms in total. The van der Waals surface area contributed by atoms with Gasteiger partial charge in [0.15, 0.2) is 0 Å². The van der Waals surface area contributed by atoms with Gasteiger partial charge < -0.3 is 10.4 Å². The number of carboxylic acids is 1. The molecule has 1 heterocycles. The van der Waals surface area contributed by atoms with E-state index in [0.717, 1.165) is 11.1 Å². The van der Waals surface area contributed by atoms with E-state index >= 15 is 0 Å². The number of carbonyl (C=O) groups is 2. The summed E-state index contributed by atoms with van der Waals surface area (Å²) in [4.78, 5) is 26.2. The highest BCUT2D eigenvalue weighted by atomic mass is 16.4. The first-order chi connectivity index (χ1) is 8.09. The van der Waals surface area contributed by atoms with E-state index in [4.69, 9.17) is 5.11 Å². The van der Waals surface area contributed by atoms with Crippen molar-refractivity contribution < 1.29 is 14.7 Å². The second kappa shape index (κ2) is 4.53. The zero-order valence-corrected chi connectivity index (χ0v) is 9.51. The quantitative estimate of drug-likeness (QED) is 0.804. The number of rotatable bonds is 4. The molecule has 0 spiro atoms. The molecule has 1 aliphatic carbocycles. The van der Waals surface area contributed by atoms with Crippen LogP contribution in [0.2, 0.25) is 0 Å². The van der Waals surface area contributed by atoms with Crippen LogP contribution in [0.1, 0.15) is 17.5 Å². The molecule has 90 valence electrons. The van der Waals surface area contributed by atoms with Gasteiger partial charge in [0.25, 0.3) is 0 Å². The zero-order chi connectivity index (χ0) is 12.4. The summed E-state index contributed by atoms with van der Waals surface area (Å²) in [6, 6.07) is 1.87. The van der Waals surface area contributed by atoms with Crippen LogP contribution in [0.25, 0.3) is 0 Å². The summed E-state index contributed by atoms with van der Waals surface area (Å²) in [5.41, 5.74) is 2.01. The number of carbonyl (C=O) groups excluding carboxylic acids is 1. The number of nitrogens with zero attached hydrogens (tertiary/aromatic N) is 1. The minimum absolute atomic E-state index is 0.180. The summed E-state index contributed by atoms with van der Waals surface area (Å²) in [5.74, 6) is -1.92. The van der Waals surface area contributed by atoms with Crippen molar-refractivity contribution in [3.05, 3.63) is 29.6 Å². The van der Waals surface area contributed by atoms with E-state index in [1.165, 1.54) is 0 Å². The van der Waals surface area contributed by atoms with Crippen LogP contribution in [-0.4, -0.2) is 22.0 Å². The van der Waals surface area contributed by atoms with Gasteiger partial charge in [-0.25, -0.2) is 0 Å². The summed E-state index contributed by atoms with van der Waals surface area (Å²) in [5, 5.41) is 11.5. The molecule has 1 aliphatic rings. The van der Waals surface area contributed by atoms with E-state index in [1.54, 1.807) is 12.4 Å². The predicted molar refractivity (Wildman–Crippen MR) is 60.1 cm³/mol. The number of carboxylic acid groups (broad SMARTS) is 1. The van der Waals surface area contributed by atoms with Crippen LogP contribution >= 0.6 is 0 Å². The SMILES string of the molecule is Cc1ccncc1CNC(=O)C1CC1C(=O)O. The van der Waals surface area contributed by atoms with Crippen LogP contribution in [0.3, 0.4) is 0 Å². The van der Waals surface area contributed by atoms with Crippen LogP contribution in [0, 0.1) is 18.8 Å². The van der Waals surface area contributed by atoms with Gasteiger partial charge in [0, 0.05) is 18.9 Å². The lowest BCUT2D eigenvalue weighted by molar-refractivity contribution is -0.140. The number of amides is 1. The molecule has 2 rings (SSSR count). The molecule has 0 radical (unpaired) electrons. The van der Waals surface area contributed by atoms with Crippen LogP contribution < -0.4 is 5.32 Å². The Balaban J connectivity index is 1.86. The van der Waals surface area contributed by atoms with Gasteiger partial charge in [-0.3, -0.25) is 14.6 Å². The standard InChI is InChI=1S/C12H14N2O3/c1-7-2-3-13-5-8(7)6-14-11(15)9-4-10(9)12(16)17/h2-3,5,9-10H,4,6H2,1H3,(H,14,15)(H,16,17). The largest absolute Gasteiger partial charge is 0.481 e. The minimum atomic E-state index is -0.886. The maximum Gasteiger partial charge on any atom is 0.307 e. The molecular weight excluding hydrogens is 220 g/mol. The van der Waals surface area contributed by atoms with Crippen molar-refractivity contribution in [2.75, 3.05) is 0 Å². The molecule has 1 fully saturated rings. The molecule has 0 bridgehead atoms. The fourth-order valence-electron chi connectivity index (χ4n) is 1.75. The molecule has 2 unspecified atom stereocenters. The molecule has 1 aromatic heterocycles. The van der Waals surface area contributed by atoms with E-state index in [2.05, 4.69) is 10.3 Å². The average molecular weight is 234 g/mol. The van der Waals surface area contributed by atoms with Crippen molar-refractivity contribution in [2.24, 2.45) is 11.8 Å². The third-order valence-corrected chi connectivity index (χ3v) is 3.04. The highest BCUT2D eigenvalue weighted by Gasteiger charge is 2.48. The number of nitrogens with one attached hydrogen (secondary N) is 1. The van der Waals surface area contributed by atoms with Crippen molar-refractivity contribution in [3.63, 3.8) is 0 Å². The second-order valence-corrected chi connectivity index (χ2v) is 4.31. The number of aliphatic carboxylic acids is 1. The first-order valence-electron chi connectivity index (χ1n) is 5.49. The van der Waals surface area contributed by atoms with E-state index in [9.17, 15) is 9.59 Å². The average Bonchev–Trinajstić information content (AvgIpc) is 3.07. The summed E-state index contributed by atoms with van der Waals surface area (Å²) in [6.07, 6.45) is 3.85. The molecule has 0 saturated heterocycles. The number of hydrogen-bond donors (Lipinski definition) is 2. The van der Waals surface area contributed by atoms with E-state index in [1.807, 2.05) is 13.0 Å². The molecule has 5 heteroatoms. The molecule has 17 heavy (non-hydrogen) atoms. The lowest BCUT2D eigenvalue weighted by atomic mass is 10.1. The molecule has 1 amide bonds. The van der Waals surface area contributed by atoms with Crippen LogP contribution in [0.4, 0.5) is 0 Å². The third kappa shape index (κ3) is 2.61. The van der Waals surface area contributed by atoms with Crippen molar-refractivity contribution in [1.82, 2.24) is 10.3 Å². The first kappa shape index (κ1) is 11.6. The highest BCUT2D eigenvalue weighted by molar-refractivity contribution is 5.89. The minimum Gasteiger partial charge on any atom is -0.481 e. The van der Waals surface area contributed by atoms with Gasteiger partial charge in [0.1, 0.15) is 0 Å². The van der Waals surface area contributed by atoms with Crippen LogP contribution in [0.5, 0.6) is 0 Å².